The summed E-state index contributed by atoms with van der Waals surface area (Å²) >= 11 is 0. The number of benzene rings is 1. The van der Waals surface area contributed by atoms with Gasteiger partial charge in [0.2, 0.25) is 0 Å². The van der Waals surface area contributed by atoms with Crippen LogP contribution in [0.4, 0.5) is 4.39 Å². The summed E-state index contributed by atoms with van der Waals surface area (Å²) in [5.74, 6) is 0.00649. The molecule has 0 amide bonds. The van der Waals surface area contributed by atoms with E-state index in [0.29, 0.717) is 11.4 Å². The highest BCUT2D eigenvalue weighted by atomic mass is 19.1. The Hall–Kier alpha value is -2.28. The van der Waals surface area contributed by atoms with Gasteiger partial charge in [0.25, 0.3) is 0 Å². The molecule has 2 rings (SSSR count). The standard InChI is InChI=1S/C11H6FN3/c12-9-3-1-2-8(6-9)11-14-5-4-10(7-13)15-11/h1-6H. The van der Waals surface area contributed by atoms with Gasteiger partial charge in [0, 0.05) is 11.8 Å². The van der Waals surface area contributed by atoms with Crippen LogP contribution in [0.3, 0.4) is 0 Å². The molecule has 0 saturated heterocycles. The third-order valence-electron chi connectivity index (χ3n) is 1.85. The lowest BCUT2D eigenvalue weighted by Gasteiger charge is -1.99. The smallest absolute Gasteiger partial charge is 0.160 e. The van der Waals surface area contributed by atoms with Crippen molar-refractivity contribution in [3.63, 3.8) is 0 Å². The van der Waals surface area contributed by atoms with Crippen molar-refractivity contribution in [2.45, 2.75) is 0 Å². The summed E-state index contributed by atoms with van der Waals surface area (Å²) in [6, 6.07) is 9.35. The van der Waals surface area contributed by atoms with E-state index in [4.69, 9.17) is 5.26 Å². The van der Waals surface area contributed by atoms with E-state index >= 15 is 0 Å². The molecule has 0 fully saturated rings. The van der Waals surface area contributed by atoms with Gasteiger partial charge in [-0.2, -0.15) is 5.26 Å². The fourth-order valence-electron chi connectivity index (χ4n) is 1.19. The summed E-state index contributed by atoms with van der Waals surface area (Å²) in [5, 5.41) is 8.65. The third-order valence-corrected chi connectivity index (χ3v) is 1.85. The summed E-state index contributed by atoms with van der Waals surface area (Å²) in [5.41, 5.74) is 0.830. The molecule has 2 aromatic rings. The van der Waals surface area contributed by atoms with Crippen LogP contribution in [-0.2, 0) is 0 Å². The molecule has 4 heteroatoms. The van der Waals surface area contributed by atoms with Gasteiger partial charge in [0.15, 0.2) is 5.82 Å². The number of nitrogens with zero attached hydrogens (tertiary/aromatic N) is 3. The molecule has 0 saturated carbocycles. The topological polar surface area (TPSA) is 49.6 Å². The van der Waals surface area contributed by atoms with E-state index in [-0.39, 0.29) is 11.5 Å². The maximum absolute atomic E-state index is 12.9. The van der Waals surface area contributed by atoms with Gasteiger partial charge in [-0.15, -0.1) is 0 Å². The molecule has 1 aromatic heterocycles. The first-order chi connectivity index (χ1) is 7.29. The van der Waals surface area contributed by atoms with Crippen LogP contribution in [0.5, 0.6) is 0 Å². The molecule has 3 nitrogen and oxygen atoms in total. The lowest BCUT2D eigenvalue weighted by atomic mass is 10.2. The molecule has 1 aromatic carbocycles. The summed E-state index contributed by atoms with van der Waals surface area (Å²) < 4.78 is 12.9. The number of hydrogen-bond donors (Lipinski definition) is 0. The van der Waals surface area contributed by atoms with Gasteiger partial charge in [0.1, 0.15) is 17.6 Å². The molecule has 0 radical (unpaired) electrons. The largest absolute Gasteiger partial charge is 0.236 e. The van der Waals surface area contributed by atoms with Crippen molar-refractivity contribution in [2.75, 3.05) is 0 Å². The monoisotopic (exact) mass is 199 g/mol. The van der Waals surface area contributed by atoms with E-state index < -0.39 is 0 Å². The maximum Gasteiger partial charge on any atom is 0.160 e. The van der Waals surface area contributed by atoms with E-state index in [1.165, 1.54) is 24.4 Å². The van der Waals surface area contributed by atoms with Crippen molar-refractivity contribution >= 4 is 0 Å². The van der Waals surface area contributed by atoms with Gasteiger partial charge in [-0.3, -0.25) is 0 Å². The van der Waals surface area contributed by atoms with Crippen LogP contribution in [0, 0.1) is 17.1 Å². The molecular weight excluding hydrogens is 193 g/mol. The molecule has 72 valence electrons. The minimum absolute atomic E-state index is 0.268. The van der Waals surface area contributed by atoms with Gasteiger partial charge in [-0.1, -0.05) is 12.1 Å². The molecule has 15 heavy (non-hydrogen) atoms. The summed E-state index contributed by atoms with van der Waals surface area (Å²) in [4.78, 5) is 7.93. The van der Waals surface area contributed by atoms with Crippen LogP contribution in [0.2, 0.25) is 0 Å². The number of aromatic nitrogens is 2. The average Bonchev–Trinajstić information content (AvgIpc) is 2.29. The first kappa shape index (κ1) is 9.28. The molecule has 0 aliphatic carbocycles. The predicted octanol–water partition coefficient (Wildman–Crippen LogP) is 2.15. The van der Waals surface area contributed by atoms with Crippen LogP contribution in [-0.4, -0.2) is 9.97 Å². The number of rotatable bonds is 1. The Morgan fingerprint density at radius 1 is 1.27 bits per heavy atom. The zero-order valence-corrected chi connectivity index (χ0v) is 7.68. The van der Waals surface area contributed by atoms with Gasteiger partial charge < -0.3 is 0 Å². The Balaban J connectivity index is 2.50. The van der Waals surface area contributed by atoms with Crippen LogP contribution in [0.1, 0.15) is 5.69 Å². The minimum atomic E-state index is -0.349. The second kappa shape index (κ2) is 3.84. The van der Waals surface area contributed by atoms with E-state index in [0.717, 1.165) is 0 Å². The Kier molecular flexibility index (Phi) is 2.38. The molecule has 0 aliphatic rings. The van der Waals surface area contributed by atoms with Gasteiger partial charge in [-0.05, 0) is 18.2 Å². The van der Waals surface area contributed by atoms with Crippen molar-refractivity contribution in [1.29, 1.82) is 5.26 Å². The first-order valence-corrected chi connectivity index (χ1v) is 4.28. The zero-order chi connectivity index (χ0) is 10.7. The number of hydrogen-bond acceptors (Lipinski definition) is 3. The van der Waals surface area contributed by atoms with Crippen molar-refractivity contribution in [3.05, 3.63) is 48.0 Å². The molecular formula is C11H6FN3. The minimum Gasteiger partial charge on any atom is -0.236 e. The fourth-order valence-corrected chi connectivity index (χ4v) is 1.19. The van der Waals surface area contributed by atoms with Crippen LogP contribution in [0.25, 0.3) is 11.4 Å². The quantitative estimate of drug-likeness (QED) is 0.707. The fraction of sp³-hybridized carbons (Fsp3) is 0. The van der Waals surface area contributed by atoms with E-state index in [1.807, 2.05) is 6.07 Å². The van der Waals surface area contributed by atoms with Gasteiger partial charge >= 0.3 is 0 Å². The van der Waals surface area contributed by atoms with E-state index in [2.05, 4.69) is 9.97 Å². The lowest BCUT2D eigenvalue weighted by molar-refractivity contribution is 0.628. The van der Waals surface area contributed by atoms with Gasteiger partial charge in [0.05, 0.1) is 0 Å². The van der Waals surface area contributed by atoms with Crippen molar-refractivity contribution in [1.82, 2.24) is 9.97 Å². The first-order valence-electron chi connectivity index (χ1n) is 4.28. The SMILES string of the molecule is N#Cc1ccnc(-c2cccc(F)c2)n1. The third kappa shape index (κ3) is 1.97. The second-order valence-corrected chi connectivity index (χ2v) is 2.89. The highest BCUT2D eigenvalue weighted by molar-refractivity contribution is 5.55. The van der Waals surface area contributed by atoms with Crippen LogP contribution < -0.4 is 0 Å². The highest BCUT2D eigenvalue weighted by Crippen LogP contribution is 2.15. The molecule has 1 heterocycles. The Bertz CT molecular complexity index is 531. The molecule has 0 N–H and O–H groups in total. The average molecular weight is 199 g/mol. The van der Waals surface area contributed by atoms with Crippen LogP contribution >= 0.6 is 0 Å². The predicted molar refractivity (Wildman–Crippen MR) is 52.1 cm³/mol. The van der Waals surface area contributed by atoms with Gasteiger partial charge in [-0.25, -0.2) is 14.4 Å². The van der Waals surface area contributed by atoms with E-state index in [1.54, 1.807) is 12.1 Å². The highest BCUT2D eigenvalue weighted by Gasteiger charge is 2.02. The Morgan fingerprint density at radius 2 is 2.13 bits per heavy atom. The van der Waals surface area contributed by atoms with Crippen molar-refractivity contribution in [3.8, 4) is 17.5 Å². The Labute approximate surface area is 85.9 Å². The van der Waals surface area contributed by atoms with Crippen molar-refractivity contribution < 1.29 is 4.39 Å². The molecule has 0 aliphatic heterocycles. The second-order valence-electron chi connectivity index (χ2n) is 2.89. The maximum atomic E-state index is 12.9. The summed E-state index contributed by atoms with van der Waals surface area (Å²) in [6.07, 6.45) is 1.48. The van der Waals surface area contributed by atoms with E-state index in [9.17, 15) is 4.39 Å². The number of nitriles is 1. The molecule has 0 unspecified atom stereocenters. The number of halogens is 1. The van der Waals surface area contributed by atoms with Crippen molar-refractivity contribution in [2.24, 2.45) is 0 Å². The zero-order valence-electron chi connectivity index (χ0n) is 7.68. The molecule has 0 bridgehead atoms. The summed E-state index contributed by atoms with van der Waals surface area (Å²) in [6.45, 7) is 0. The molecule has 0 spiro atoms. The normalized spacial score (nSPS) is 9.60. The lowest BCUT2D eigenvalue weighted by Crippen LogP contribution is -1.91. The molecule has 0 atom stereocenters. The summed E-state index contributed by atoms with van der Waals surface area (Å²) in [7, 11) is 0. The van der Waals surface area contributed by atoms with Crippen LogP contribution in [0.15, 0.2) is 36.5 Å². The Morgan fingerprint density at radius 3 is 2.87 bits per heavy atom.